The molecule has 1 aromatic carbocycles. The van der Waals surface area contributed by atoms with Crippen LogP contribution in [0, 0.1) is 0 Å². The summed E-state index contributed by atoms with van der Waals surface area (Å²) in [5.41, 5.74) is 3.56. The summed E-state index contributed by atoms with van der Waals surface area (Å²) in [7, 11) is 1.78. The highest BCUT2D eigenvalue weighted by Crippen LogP contribution is 2.17. The molecule has 2 N–H and O–H groups in total. The molecular weight excluding hydrogens is 495 g/mol. The molecule has 0 aliphatic heterocycles. The molecule has 1 atom stereocenters. The van der Waals surface area contributed by atoms with Gasteiger partial charge in [0.1, 0.15) is 6.61 Å². The molecule has 154 valence electrons. The van der Waals surface area contributed by atoms with Gasteiger partial charge in [-0.05, 0) is 45.5 Å². The fourth-order valence-corrected chi connectivity index (χ4v) is 3.48. The van der Waals surface area contributed by atoms with Crippen LogP contribution >= 0.6 is 35.3 Å². The Bertz CT molecular complexity index is 872. The second-order valence-electron chi connectivity index (χ2n) is 6.54. The Labute approximate surface area is 193 Å². The third-order valence-corrected chi connectivity index (χ3v) is 5.10. The number of aromatic nitrogens is 1. The van der Waals surface area contributed by atoms with E-state index in [1.165, 1.54) is 5.56 Å². The van der Waals surface area contributed by atoms with Crippen LogP contribution in [0.25, 0.3) is 0 Å². The summed E-state index contributed by atoms with van der Waals surface area (Å²) in [5.74, 6) is 1.84. The molecule has 0 saturated heterocycles. The number of aliphatic imine (C=N–C) groups is 1. The van der Waals surface area contributed by atoms with Gasteiger partial charge in [0.15, 0.2) is 5.96 Å². The molecule has 0 aliphatic carbocycles. The highest BCUT2D eigenvalue weighted by Gasteiger charge is 2.07. The Morgan fingerprint density at radius 2 is 1.97 bits per heavy atom. The summed E-state index contributed by atoms with van der Waals surface area (Å²) in [6, 6.07) is 16.2. The van der Waals surface area contributed by atoms with E-state index in [2.05, 4.69) is 44.4 Å². The quantitative estimate of drug-likeness (QED) is 0.253. The molecule has 0 saturated carbocycles. The van der Waals surface area contributed by atoms with Crippen molar-refractivity contribution >= 4 is 41.3 Å². The van der Waals surface area contributed by atoms with Crippen LogP contribution in [0.3, 0.4) is 0 Å². The summed E-state index contributed by atoms with van der Waals surface area (Å²) >= 11 is 1.73. The van der Waals surface area contributed by atoms with Gasteiger partial charge >= 0.3 is 0 Å². The molecule has 0 spiro atoms. The molecule has 3 rings (SSSR count). The summed E-state index contributed by atoms with van der Waals surface area (Å²) in [4.78, 5) is 8.60. The van der Waals surface area contributed by atoms with Gasteiger partial charge in [0, 0.05) is 32.4 Å². The van der Waals surface area contributed by atoms with Crippen molar-refractivity contribution in [3.63, 3.8) is 0 Å². The van der Waals surface area contributed by atoms with Crippen molar-refractivity contribution in [2.24, 2.45) is 4.99 Å². The Balaban J connectivity index is 0.00000300. The predicted molar refractivity (Wildman–Crippen MR) is 131 cm³/mol. The first-order valence-electron chi connectivity index (χ1n) is 9.33. The largest absolute Gasteiger partial charge is 0.473 e. The minimum Gasteiger partial charge on any atom is -0.473 e. The Hall–Kier alpha value is -2.13. The Morgan fingerprint density at radius 3 is 2.69 bits per heavy atom. The lowest BCUT2D eigenvalue weighted by Crippen LogP contribution is -2.38. The highest BCUT2D eigenvalue weighted by molar-refractivity contribution is 14.0. The molecule has 0 aliphatic rings. The number of pyridine rings is 1. The molecule has 0 radical (unpaired) electrons. The lowest BCUT2D eigenvalue weighted by Gasteiger charge is -2.15. The normalized spacial score (nSPS) is 12.0. The summed E-state index contributed by atoms with van der Waals surface area (Å²) in [6.45, 7) is 4.20. The number of thiophene rings is 1. The van der Waals surface area contributed by atoms with Gasteiger partial charge in [0.25, 0.3) is 0 Å². The molecule has 7 heteroatoms. The third kappa shape index (κ3) is 7.66. The van der Waals surface area contributed by atoms with Gasteiger partial charge in [-0.1, -0.05) is 37.3 Å². The number of nitrogens with one attached hydrogen (secondary N) is 2. The van der Waals surface area contributed by atoms with Gasteiger partial charge in [-0.3, -0.25) is 4.99 Å². The van der Waals surface area contributed by atoms with Crippen molar-refractivity contribution < 1.29 is 4.74 Å². The predicted octanol–water partition coefficient (Wildman–Crippen LogP) is 4.81. The van der Waals surface area contributed by atoms with Gasteiger partial charge in [0.05, 0.1) is 0 Å². The van der Waals surface area contributed by atoms with Crippen LogP contribution in [0.5, 0.6) is 5.88 Å². The van der Waals surface area contributed by atoms with E-state index in [-0.39, 0.29) is 24.0 Å². The van der Waals surface area contributed by atoms with Gasteiger partial charge in [-0.2, -0.15) is 11.3 Å². The molecule has 3 aromatic rings. The SMILES string of the molecule is CN=C(NCc1ccnc(OCc2ccccc2)c1)NCC(C)c1ccsc1.I. The van der Waals surface area contributed by atoms with Crippen molar-refractivity contribution in [3.05, 3.63) is 82.2 Å². The van der Waals surface area contributed by atoms with E-state index in [1.54, 1.807) is 24.6 Å². The second-order valence-corrected chi connectivity index (χ2v) is 7.32. The molecule has 29 heavy (non-hydrogen) atoms. The number of nitrogens with zero attached hydrogens (tertiary/aromatic N) is 2. The van der Waals surface area contributed by atoms with Crippen molar-refractivity contribution in [2.45, 2.75) is 26.0 Å². The number of hydrogen-bond donors (Lipinski definition) is 2. The van der Waals surface area contributed by atoms with Crippen molar-refractivity contribution in [3.8, 4) is 5.88 Å². The van der Waals surface area contributed by atoms with Gasteiger partial charge in [0.2, 0.25) is 5.88 Å². The van der Waals surface area contributed by atoms with E-state index in [4.69, 9.17) is 4.74 Å². The molecule has 5 nitrogen and oxygen atoms in total. The Morgan fingerprint density at radius 1 is 1.14 bits per heavy atom. The summed E-state index contributed by atoms with van der Waals surface area (Å²) < 4.78 is 5.80. The van der Waals surface area contributed by atoms with Crippen molar-refractivity contribution in [2.75, 3.05) is 13.6 Å². The van der Waals surface area contributed by atoms with E-state index in [0.717, 1.165) is 23.6 Å². The monoisotopic (exact) mass is 522 g/mol. The first-order chi connectivity index (χ1) is 13.7. The fourth-order valence-electron chi connectivity index (χ4n) is 2.70. The molecule has 1 unspecified atom stereocenters. The summed E-state index contributed by atoms with van der Waals surface area (Å²) in [6.07, 6.45) is 1.77. The highest BCUT2D eigenvalue weighted by atomic mass is 127. The third-order valence-electron chi connectivity index (χ3n) is 4.40. The zero-order valence-electron chi connectivity index (χ0n) is 16.7. The molecule has 2 heterocycles. The summed E-state index contributed by atoms with van der Waals surface area (Å²) in [5, 5.41) is 11.0. The number of benzene rings is 1. The number of ether oxygens (including phenoxy) is 1. The van der Waals surface area contributed by atoms with Crippen LogP contribution in [0.4, 0.5) is 0 Å². The zero-order valence-corrected chi connectivity index (χ0v) is 19.8. The molecule has 0 fully saturated rings. The molecule has 0 amide bonds. The maximum atomic E-state index is 5.80. The van der Waals surface area contributed by atoms with E-state index >= 15 is 0 Å². The topological polar surface area (TPSA) is 58.5 Å². The average Bonchev–Trinajstić information content (AvgIpc) is 3.28. The maximum Gasteiger partial charge on any atom is 0.213 e. The van der Waals surface area contributed by atoms with Crippen molar-refractivity contribution in [1.29, 1.82) is 0 Å². The van der Waals surface area contributed by atoms with Gasteiger partial charge in [-0.25, -0.2) is 4.98 Å². The minimum atomic E-state index is 0. The molecule has 0 bridgehead atoms. The van der Waals surface area contributed by atoms with Crippen LogP contribution in [0.2, 0.25) is 0 Å². The maximum absolute atomic E-state index is 5.80. The zero-order chi connectivity index (χ0) is 19.6. The van der Waals surface area contributed by atoms with E-state index < -0.39 is 0 Å². The van der Waals surface area contributed by atoms with Crippen LogP contribution in [0.1, 0.15) is 29.5 Å². The van der Waals surface area contributed by atoms with Crippen LogP contribution in [0.15, 0.2) is 70.5 Å². The second kappa shape index (κ2) is 12.4. The van der Waals surface area contributed by atoms with Crippen LogP contribution < -0.4 is 15.4 Å². The average molecular weight is 522 g/mol. The van der Waals surface area contributed by atoms with Crippen LogP contribution in [-0.4, -0.2) is 24.5 Å². The molecule has 2 aromatic heterocycles. The van der Waals surface area contributed by atoms with Gasteiger partial charge < -0.3 is 15.4 Å². The smallest absolute Gasteiger partial charge is 0.213 e. The lowest BCUT2D eigenvalue weighted by molar-refractivity contribution is 0.293. The van der Waals surface area contributed by atoms with Crippen molar-refractivity contribution in [1.82, 2.24) is 15.6 Å². The molecular formula is C22H27IN4OS. The van der Waals surface area contributed by atoms with Crippen LogP contribution in [-0.2, 0) is 13.2 Å². The first kappa shape index (κ1) is 23.2. The van der Waals surface area contributed by atoms with Gasteiger partial charge in [-0.15, -0.1) is 24.0 Å². The van der Waals surface area contributed by atoms with E-state index in [9.17, 15) is 0 Å². The van der Waals surface area contributed by atoms with E-state index in [0.29, 0.717) is 24.9 Å². The first-order valence-corrected chi connectivity index (χ1v) is 10.3. The minimum absolute atomic E-state index is 0. The number of rotatable bonds is 8. The number of halogens is 1. The Kier molecular flexibility index (Phi) is 9.93. The standard InChI is InChI=1S/C22H26N4OS.HI/c1-17(20-9-11-28-16-20)13-25-22(23-2)26-14-19-8-10-24-21(12-19)27-15-18-6-4-3-5-7-18;/h3-12,16-17H,13-15H2,1-2H3,(H2,23,25,26);1H. The lowest BCUT2D eigenvalue weighted by atomic mass is 10.1. The fraction of sp³-hybridized carbons (Fsp3) is 0.273. The number of hydrogen-bond acceptors (Lipinski definition) is 4. The van der Waals surface area contributed by atoms with E-state index in [1.807, 2.05) is 42.5 Å². The number of guanidine groups is 1.